The summed E-state index contributed by atoms with van der Waals surface area (Å²) in [5.74, 6) is 2.64. The number of ether oxygens (including phenoxy) is 1. The zero-order chi connectivity index (χ0) is 27.3. The molecule has 0 radical (unpaired) electrons. The monoisotopic (exact) mass is 519 g/mol. The molecule has 3 atom stereocenters. The number of hydrogen-bond acceptors (Lipinski definition) is 7. The number of allylic oxidation sites excluding steroid dienone is 1. The zero-order valence-electron chi connectivity index (χ0n) is 22.1. The SMILES string of the molecule is C#Cc1cnc(C(=O)C=Cc2ccc3c(c2)C2N=C(N)C(C)(C)S(=O)(=O)C(CC(C)(C)O3)C2C)c(C)c1. The molecule has 0 saturated carbocycles. The van der Waals surface area contributed by atoms with E-state index in [0.717, 1.165) is 11.1 Å². The Balaban J connectivity index is 1.79. The number of aromatic nitrogens is 1. The summed E-state index contributed by atoms with van der Waals surface area (Å²) in [4.78, 5) is 21.8. The van der Waals surface area contributed by atoms with Crippen LogP contribution in [0, 0.1) is 25.2 Å². The molecule has 37 heavy (non-hydrogen) atoms. The first-order valence-corrected chi connectivity index (χ1v) is 13.8. The molecule has 2 bridgehead atoms. The fourth-order valence-electron chi connectivity index (χ4n) is 5.06. The molecular weight excluding hydrogens is 486 g/mol. The maximum absolute atomic E-state index is 13.7. The Morgan fingerprint density at radius 1 is 1.24 bits per heavy atom. The van der Waals surface area contributed by atoms with Crippen LogP contribution in [0.5, 0.6) is 5.75 Å². The molecule has 0 saturated heterocycles. The van der Waals surface area contributed by atoms with E-state index in [9.17, 15) is 13.2 Å². The van der Waals surface area contributed by atoms with Crippen LogP contribution in [0.3, 0.4) is 0 Å². The first-order valence-electron chi connectivity index (χ1n) is 12.2. The van der Waals surface area contributed by atoms with Gasteiger partial charge in [-0.3, -0.25) is 14.8 Å². The van der Waals surface area contributed by atoms with Crippen LogP contribution in [0.4, 0.5) is 0 Å². The maximum Gasteiger partial charge on any atom is 0.204 e. The highest BCUT2D eigenvalue weighted by Crippen LogP contribution is 2.47. The van der Waals surface area contributed by atoms with E-state index in [4.69, 9.17) is 21.9 Å². The number of sulfone groups is 1. The minimum atomic E-state index is -3.67. The quantitative estimate of drug-likeness (QED) is 0.365. The van der Waals surface area contributed by atoms with Crippen LogP contribution >= 0.6 is 0 Å². The van der Waals surface area contributed by atoms with Gasteiger partial charge < -0.3 is 10.5 Å². The second-order valence-electron chi connectivity index (χ2n) is 11.0. The highest BCUT2D eigenvalue weighted by molar-refractivity contribution is 7.94. The zero-order valence-corrected chi connectivity index (χ0v) is 22.9. The third kappa shape index (κ3) is 4.69. The molecular formula is C29H33N3O4S. The van der Waals surface area contributed by atoms with Crippen molar-refractivity contribution in [3.8, 4) is 18.1 Å². The van der Waals surface area contributed by atoms with Gasteiger partial charge in [0.05, 0.1) is 11.3 Å². The number of fused-ring (bicyclic) bond motifs is 4. The number of benzene rings is 1. The normalized spacial score (nSPS) is 25.4. The first-order chi connectivity index (χ1) is 17.2. The van der Waals surface area contributed by atoms with Gasteiger partial charge in [0.25, 0.3) is 0 Å². The Hall–Kier alpha value is -3.44. The van der Waals surface area contributed by atoms with Crippen LogP contribution in [0.2, 0.25) is 0 Å². The van der Waals surface area contributed by atoms with E-state index in [1.54, 1.807) is 32.9 Å². The summed E-state index contributed by atoms with van der Waals surface area (Å²) in [6, 6.07) is 6.82. The van der Waals surface area contributed by atoms with Crippen molar-refractivity contribution in [3.05, 3.63) is 64.5 Å². The van der Waals surface area contributed by atoms with Crippen molar-refractivity contribution in [2.45, 2.75) is 69.6 Å². The summed E-state index contributed by atoms with van der Waals surface area (Å²) in [6.45, 7) is 10.7. The molecule has 2 aliphatic rings. The van der Waals surface area contributed by atoms with E-state index < -0.39 is 31.5 Å². The summed E-state index contributed by atoms with van der Waals surface area (Å²) < 4.78 is 32.5. The Bertz CT molecular complexity index is 1480. The number of terminal acetylenes is 1. The summed E-state index contributed by atoms with van der Waals surface area (Å²) in [7, 11) is -3.67. The maximum atomic E-state index is 13.7. The van der Waals surface area contributed by atoms with E-state index >= 15 is 0 Å². The summed E-state index contributed by atoms with van der Waals surface area (Å²) in [6.07, 6.45) is 10.4. The number of hydrogen-bond donors (Lipinski definition) is 1. The van der Waals surface area contributed by atoms with Gasteiger partial charge >= 0.3 is 0 Å². The Morgan fingerprint density at radius 2 is 1.95 bits per heavy atom. The van der Waals surface area contributed by atoms with Crippen LogP contribution in [0.25, 0.3) is 6.08 Å². The third-order valence-electron chi connectivity index (χ3n) is 7.43. The average molecular weight is 520 g/mol. The molecule has 0 fully saturated rings. The van der Waals surface area contributed by atoms with Gasteiger partial charge in [-0.15, -0.1) is 6.42 Å². The van der Waals surface area contributed by atoms with E-state index in [0.29, 0.717) is 29.0 Å². The van der Waals surface area contributed by atoms with Crippen molar-refractivity contribution in [1.82, 2.24) is 4.98 Å². The van der Waals surface area contributed by atoms with Gasteiger partial charge in [0.1, 0.15) is 27.6 Å². The smallest absolute Gasteiger partial charge is 0.204 e. The number of rotatable bonds is 3. The van der Waals surface area contributed by atoms with Crippen molar-refractivity contribution in [2.75, 3.05) is 0 Å². The molecule has 2 aromatic rings. The topological polar surface area (TPSA) is 112 Å². The van der Waals surface area contributed by atoms with Gasteiger partial charge in [-0.2, -0.15) is 0 Å². The molecule has 4 rings (SSSR count). The number of aliphatic imine (C=N–C) groups is 1. The summed E-state index contributed by atoms with van der Waals surface area (Å²) in [5, 5.41) is -0.693. The Labute approximate surface area is 219 Å². The molecule has 194 valence electrons. The van der Waals surface area contributed by atoms with Crippen LogP contribution in [-0.2, 0) is 9.84 Å². The van der Waals surface area contributed by atoms with Crippen molar-refractivity contribution < 1.29 is 17.9 Å². The van der Waals surface area contributed by atoms with Gasteiger partial charge in [-0.25, -0.2) is 8.42 Å². The predicted octanol–water partition coefficient (Wildman–Crippen LogP) is 4.44. The minimum Gasteiger partial charge on any atom is -0.487 e. The van der Waals surface area contributed by atoms with Crippen LogP contribution in [0.1, 0.15) is 79.8 Å². The number of carbonyl (C=O) groups is 1. The van der Waals surface area contributed by atoms with E-state index in [2.05, 4.69) is 10.9 Å². The molecule has 1 aromatic carbocycles. The fourth-order valence-corrected chi connectivity index (χ4v) is 7.50. The van der Waals surface area contributed by atoms with Gasteiger partial charge in [0.2, 0.25) is 5.78 Å². The largest absolute Gasteiger partial charge is 0.487 e. The lowest BCUT2D eigenvalue weighted by atomic mass is 9.84. The lowest BCUT2D eigenvalue weighted by Gasteiger charge is -2.39. The van der Waals surface area contributed by atoms with Gasteiger partial charge in [0, 0.05) is 23.7 Å². The minimum absolute atomic E-state index is 0.0885. The number of pyridine rings is 1. The Kier molecular flexibility index (Phi) is 6.58. The molecule has 0 amide bonds. The van der Waals surface area contributed by atoms with Crippen LogP contribution < -0.4 is 10.5 Å². The van der Waals surface area contributed by atoms with Crippen LogP contribution in [-0.4, -0.2) is 40.6 Å². The summed E-state index contributed by atoms with van der Waals surface area (Å²) in [5.41, 5.74) is 8.72. The van der Waals surface area contributed by atoms with E-state index in [-0.39, 0.29) is 17.5 Å². The van der Waals surface area contributed by atoms with Crippen LogP contribution in [0.15, 0.2) is 41.5 Å². The number of ketones is 1. The van der Waals surface area contributed by atoms with E-state index in [1.807, 2.05) is 39.0 Å². The second-order valence-corrected chi connectivity index (χ2v) is 13.7. The fraction of sp³-hybridized carbons (Fsp3) is 0.414. The first kappa shape index (κ1) is 26.6. The van der Waals surface area contributed by atoms with Crippen molar-refractivity contribution in [2.24, 2.45) is 16.6 Å². The number of aryl methyl sites for hydroxylation is 1. The predicted molar refractivity (Wildman–Crippen MR) is 146 cm³/mol. The molecule has 0 aliphatic carbocycles. The molecule has 1 aromatic heterocycles. The second kappa shape index (κ2) is 9.14. The molecule has 8 heteroatoms. The van der Waals surface area contributed by atoms with Crippen molar-refractivity contribution in [1.29, 1.82) is 0 Å². The third-order valence-corrected chi connectivity index (χ3v) is 10.5. The number of carbonyl (C=O) groups excluding carboxylic acids is 1. The molecule has 3 unspecified atom stereocenters. The number of nitrogens with zero attached hydrogens (tertiary/aromatic N) is 2. The number of nitrogens with two attached hydrogens (primary N) is 1. The van der Waals surface area contributed by atoms with Gasteiger partial charge in [-0.1, -0.05) is 25.0 Å². The molecule has 3 heterocycles. The standard InChI is InChI=1S/C29H33N3O4S/c1-8-19-13-17(2)25(31-16-19)22(33)11-9-20-10-12-23-21(14-20)26-18(3)24(15-28(4,5)36-23)37(34,35)29(6,7)27(30)32-26/h1,9-14,16,18,24,26H,15H2,2-7H3,(H2,30,32). The highest BCUT2D eigenvalue weighted by atomic mass is 32.2. The highest BCUT2D eigenvalue weighted by Gasteiger charge is 2.53. The molecule has 2 N–H and O–H groups in total. The molecule has 7 nitrogen and oxygen atoms in total. The molecule has 2 aliphatic heterocycles. The van der Waals surface area contributed by atoms with Crippen molar-refractivity contribution in [3.63, 3.8) is 0 Å². The summed E-state index contributed by atoms with van der Waals surface area (Å²) >= 11 is 0. The number of amidine groups is 1. The van der Waals surface area contributed by atoms with E-state index in [1.165, 1.54) is 12.3 Å². The lowest BCUT2D eigenvalue weighted by Crippen LogP contribution is -2.51. The van der Waals surface area contributed by atoms with Crippen molar-refractivity contribution >= 4 is 27.5 Å². The lowest BCUT2D eigenvalue weighted by molar-refractivity contribution is 0.0824. The average Bonchev–Trinajstić information content (AvgIpc) is 2.87. The van der Waals surface area contributed by atoms with Gasteiger partial charge in [-0.05, 0) is 75.9 Å². The molecule has 0 spiro atoms. The Morgan fingerprint density at radius 3 is 2.59 bits per heavy atom. The van der Waals surface area contributed by atoms with Gasteiger partial charge in [0.15, 0.2) is 9.84 Å².